The van der Waals surface area contributed by atoms with E-state index in [9.17, 15) is 4.57 Å². The van der Waals surface area contributed by atoms with E-state index in [4.69, 9.17) is 10.3 Å². The van der Waals surface area contributed by atoms with Crippen molar-refractivity contribution >= 4 is 16.2 Å². The van der Waals surface area contributed by atoms with Crippen LogP contribution in [0.4, 0.5) is 0 Å². The molecule has 80 valence electrons. The van der Waals surface area contributed by atoms with Gasteiger partial charge in [-0.25, -0.2) is 0 Å². The Bertz CT molecular complexity index is 166. The van der Waals surface area contributed by atoms with E-state index < -0.39 is 7.28 Å². The summed E-state index contributed by atoms with van der Waals surface area (Å²) in [6.45, 7) is 1.22. The molecule has 0 aromatic carbocycles. The summed E-state index contributed by atoms with van der Waals surface area (Å²) < 4.78 is 20.8. The first-order chi connectivity index (χ1) is 6.12. The molecule has 0 aromatic rings. The zero-order chi connectivity index (χ0) is 10.2. The van der Waals surface area contributed by atoms with Gasteiger partial charge in [0.25, 0.3) is 0 Å². The number of rotatable bonds is 8. The fourth-order valence-electron chi connectivity index (χ4n) is 0.844. The average Bonchev–Trinajstić information content (AvgIpc) is 2.11. The molecule has 4 nitrogen and oxygen atoms in total. The smallest absolute Gasteiger partial charge is 0.330 e. The SMILES string of the molecule is COP(=O)(P)OCCCCCCN. The predicted octanol–water partition coefficient (Wildman–Crippen LogP) is 2.15. The van der Waals surface area contributed by atoms with Crippen molar-refractivity contribution in [3.8, 4) is 0 Å². The Labute approximate surface area is 82.2 Å². The lowest BCUT2D eigenvalue weighted by Crippen LogP contribution is -1.98. The number of hydrogen-bond donors (Lipinski definition) is 1. The van der Waals surface area contributed by atoms with Crippen LogP contribution in [0.1, 0.15) is 25.7 Å². The van der Waals surface area contributed by atoms with E-state index in [1.165, 1.54) is 7.11 Å². The van der Waals surface area contributed by atoms with Gasteiger partial charge >= 0.3 is 7.28 Å². The Balaban J connectivity index is 3.21. The number of unbranched alkanes of at least 4 members (excludes halogenated alkanes) is 3. The van der Waals surface area contributed by atoms with Gasteiger partial charge in [-0.1, -0.05) is 12.8 Å². The minimum absolute atomic E-state index is 0.485. The second-order valence-electron chi connectivity index (χ2n) is 2.76. The zero-order valence-corrected chi connectivity index (χ0v) is 10.1. The Morgan fingerprint density at radius 3 is 2.46 bits per heavy atom. The molecular formula is C7H19NO3P2. The highest BCUT2D eigenvalue weighted by Crippen LogP contribution is 2.55. The van der Waals surface area contributed by atoms with E-state index in [0.717, 1.165) is 32.2 Å². The highest BCUT2D eigenvalue weighted by atomic mass is 32.1. The summed E-state index contributed by atoms with van der Waals surface area (Å²) in [4.78, 5) is 0. The highest BCUT2D eigenvalue weighted by Gasteiger charge is 2.13. The first-order valence-electron chi connectivity index (χ1n) is 4.41. The van der Waals surface area contributed by atoms with Crippen molar-refractivity contribution in [3.63, 3.8) is 0 Å². The van der Waals surface area contributed by atoms with Crippen molar-refractivity contribution in [1.82, 2.24) is 0 Å². The van der Waals surface area contributed by atoms with Gasteiger partial charge in [0, 0.05) is 7.11 Å². The maximum Gasteiger partial charge on any atom is 0.342 e. The molecule has 0 fully saturated rings. The van der Waals surface area contributed by atoms with Gasteiger partial charge in [-0.2, -0.15) is 0 Å². The summed E-state index contributed by atoms with van der Waals surface area (Å²) in [5.41, 5.74) is 5.33. The lowest BCUT2D eigenvalue weighted by atomic mass is 10.2. The lowest BCUT2D eigenvalue weighted by Gasteiger charge is -2.10. The molecule has 0 aliphatic heterocycles. The van der Waals surface area contributed by atoms with Crippen molar-refractivity contribution in [2.24, 2.45) is 5.73 Å². The lowest BCUT2D eigenvalue weighted by molar-refractivity contribution is 0.244. The first-order valence-corrected chi connectivity index (χ1v) is 7.57. The Morgan fingerprint density at radius 2 is 1.92 bits per heavy atom. The summed E-state index contributed by atoms with van der Waals surface area (Å²) in [5.74, 6) is 0. The molecule has 0 aliphatic rings. The molecule has 2 atom stereocenters. The molecule has 0 bridgehead atoms. The summed E-state index contributed by atoms with van der Waals surface area (Å²) in [6.07, 6.45) is 4.12. The standard InChI is InChI=1S/C7H19NO3P2/c1-10-13(9,12)11-7-5-3-2-4-6-8/h2-8,12H2,1H3. The molecule has 0 radical (unpaired) electrons. The molecule has 0 saturated heterocycles. The van der Waals surface area contributed by atoms with Gasteiger partial charge in [0.05, 0.1) is 6.61 Å². The van der Waals surface area contributed by atoms with Gasteiger partial charge in [0.15, 0.2) is 0 Å². The van der Waals surface area contributed by atoms with Crippen LogP contribution in [0, 0.1) is 0 Å². The van der Waals surface area contributed by atoms with Crippen LogP contribution >= 0.6 is 16.2 Å². The predicted molar refractivity (Wildman–Crippen MR) is 57.8 cm³/mol. The van der Waals surface area contributed by atoms with Crippen LogP contribution in [0.25, 0.3) is 0 Å². The monoisotopic (exact) mass is 227 g/mol. The minimum atomic E-state index is -2.84. The average molecular weight is 227 g/mol. The van der Waals surface area contributed by atoms with Crippen LogP contribution in [0.5, 0.6) is 0 Å². The third-order valence-corrected chi connectivity index (χ3v) is 3.76. The molecule has 13 heavy (non-hydrogen) atoms. The van der Waals surface area contributed by atoms with Gasteiger partial charge in [0.2, 0.25) is 0 Å². The quantitative estimate of drug-likeness (QED) is 0.509. The Kier molecular flexibility index (Phi) is 8.23. The molecule has 0 amide bonds. The minimum Gasteiger partial charge on any atom is -0.330 e. The molecule has 0 heterocycles. The summed E-state index contributed by atoms with van der Waals surface area (Å²) in [5, 5.41) is 0. The Hall–Kier alpha value is 0.540. The number of hydrogen-bond acceptors (Lipinski definition) is 4. The van der Waals surface area contributed by atoms with Crippen molar-refractivity contribution < 1.29 is 13.6 Å². The van der Waals surface area contributed by atoms with Crippen molar-refractivity contribution in [2.45, 2.75) is 25.7 Å². The normalized spacial score (nSPS) is 15.6. The van der Waals surface area contributed by atoms with E-state index >= 15 is 0 Å². The van der Waals surface area contributed by atoms with Gasteiger partial charge < -0.3 is 14.8 Å². The molecule has 0 saturated carbocycles. The van der Waals surface area contributed by atoms with Crippen LogP contribution in [0.2, 0.25) is 0 Å². The molecular weight excluding hydrogens is 208 g/mol. The summed E-state index contributed by atoms with van der Waals surface area (Å²) >= 11 is 0. The van der Waals surface area contributed by atoms with Crippen LogP contribution in [0.3, 0.4) is 0 Å². The molecule has 0 aliphatic carbocycles. The third kappa shape index (κ3) is 8.86. The zero-order valence-electron chi connectivity index (χ0n) is 8.07. The fourth-order valence-corrected chi connectivity index (χ4v) is 1.65. The largest absolute Gasteiger partial charge is 0.342 e. The molecule has 2 N–H and O–H groups in total. The third-order valence-electron chi connectivity index (χ3n) is 1.62. The van der Waals surface area contributed by atoms with Gasteiger partial charge in [-0.3, -0.25) is 4.57 Å². The van der Waals surface area contributed by atoms with E-state index in [2.05, 4.69) is 13.5 Å². The molecule has 0 rings (SSSR count). The summed E-state index contributed by atoms with van der Waals surface area (Å²) in [7, 11) is 0.631. The van der Waals surface area contributed by atoms with E-state index in [0.29, 0.717) is 6.61 Å². The molecule has 0 spiro atoms. The second-order valence-corrected chi connectivity index (χ2v) is 6.36. The van der Waals surface area contributed by atoms with E-state index in [-0.39, 0.29) is 0 Å². The fraction of sp³-hybridized carbons (Fsp3) is 1.00. The molecule has 0 aromatic heterocycles. The van der Waals surface area contributed by atoms with E-state index in [1.54, 1.807) is 0 Å². The van der Waals surface area contributed by atoms with Crippen molar-refractivity contribution in [3.05, 3.63) is 0 Å². The molecule has 2 unspecified atom stereocenters. The first kappa shape index (κ1) is 13.5. The second kappa shape index (κ2) is 7.90. The molecule has 6 heteroatoms. The van der Waals surface area contributed by atoms with Crippen molar-refractivity contribution in [1.29, 1.82) is 0 Å². The maximum atomic E-state index is 11.2. The summed E-state index contributed by atoms with van der Waals surface area (Å²) in [6, 6.07) is 0. The Morgan fingerprint density at radius 1 is 1.31 bits per heavy atom. The van der Waals surface area contributed by atoms with E-state index in [1.807, 2.05) is 0 Å². The van der Waals surface area contributed by atoms with Crippen LogP contribution in [-0.4, -0.2) is 20.3 Å². The van der Waals surface area contributed by atoms with Gasteiger partial charge in [-0.15, -0.1) is 0 Å². The van der Waals surface area contributed by atoms with Crippen LogP contribution in [-0.2, 0) is 13.6 Å². The van der Waals surface area contributed by atoms with Gasteiger partial charge in [0.1, 0.15) is 0 Å². The highest BCUT2D eigenvalue weighted by molar-refractivity contribution is 8.12. The topological polar surface area (TPSA) is 61.5 Å². The van der Waals surface area contributed by atoms with Crippen molar-refractivity contribution in [2.75, 3.05) is 20.3 Å². The van der Waals surface area contributed by atoms with Crippen LogP contribution < -0.4 is 5.73 Å². The van der Waals surface area contributed by atoms with Crippen LogP contribution in [0.15, 0.2) is 0 Å². The van der Waals surface area contributed by atoms with Gasteiger partial charge in [-0.05, 0) is 28.3 Å². The number of nitrogens with two attached hydrogens (primary N) is 1. The maximum absolute atomic E-state index is 11.2.